The van der Waals surface area contributed by atoms with E-state index in [4.69, 9.17) is 4.52 Å². The molecule has 1 saturated heterocycles. The van der Waals surface area contributed by atoms with Crippen molar-refractivity contribution >= 4 is 5.91 Å². The maximum Gasteiger partial charge on any atom is 0.249 e. The maximum atomic E-state index is 12.3. The lowest BCUT2D eigenvalue weighted by Crippen LogP contribution is -2.45. The average molecular weight is 343 g/mol. The first-order chi connectivity index (χ1) is 12.1. The number of piperidine rings is 1. The zero-order valence-corrected chi connectivity index (χ0v) is 14.7. The number of nitrogens with zero attached hydrogens (tertiary/aromatic N) is 3. The van der Waals surface area contributed by atoms with Gasteiger partial charge >= 0.3 is 0 Å². The van der Waals surface area contributed by atoms with Gasteiger partial charge in [-0.3, -0.25) is 9.69 Å². The second kappa shape index (κ2) is 8.22. The van der Waals surface area contributed by atoms with Crippen molar-refractivity contribution in [2.75, 3.05) is 26.7 Å². The summed E-state index contributed by atoms with van der Waals surface area (Å²) in [4.78, 5) is 18.8. The number of hydrogen-bond donors (Lipinski definition) is 2. The molecule has 7 nitrogen and oxygen atoms in total. The van der Waals surface area contributed by atoms with E-state index in [0.29, 0.717) is 24.3 Å². The van der Waals surface area contributed by atoms with E-state index in [1.807, 2.05) is 44.3 Å². The molecule has 2 aromatic rings. The van der Waals surface area contributed by atoms with Gasteiger partial charge in [0.2, 0.25) is 17.6 Å². The Balaban J connectivity index is 1.54. The quantitative estimate of drug-likeness (QED) is 0.829. The number of carbonyl (C=O) groups is 1. The smallest absolute Gasteiger partial charge is 0.249 e. The number of benzene rings is 1. The van der Waals surface area contributed by atoms with Crippen LogP contribution in [0.5, 0.6) is 0 Å². The summed E-state index contributed by atoms with van der Waals surface area (Å²) in [5.41, 5.74) is 0.890. The molecular formula is C18H25N5O2. The predicted octanol–water partition coefficient (Wildman–Crippen LogP) is 1.60. The SMILES string of the molecule is CC(NC(=O)CN(C)C1CCNCC1)c1nc(-c2ccccc2)no1. The number of amides is 1. The average Bonchev–Trinajstić information content (AvgIpc) is 3.13. The number of hydrogen-bond acceptors (Lipinski definition) is 6. The fourth-order valence-electron chi connectivity index (χ4n) is 3.07. The Morgan fingerprint density at radius 2 is 2.08 bits per heavy atom. The van der Waals surface area contributed by atoms with Crippen LogP contribution in [0.15, 0.2) is 34.9 Å². The van der Waals surface area contributed by atoms with E-state index < -0.39 is 0 Å². The second-order valence-corrected chi connectivity index (χ2v) is 6.51. The van der Waals surface area contributed by atoms with Gasteiger partial charge in [0.25, 0.3) is 0 Å². The maximum absolute atomic E-state index is 12.3. The molecule has 134 valence electrons. The van der Waals surface area contributed by atoms with Crippen LogP contribution in [0, 0.1) is 0 Å². The van der Waals surface area contributed by atoms with Crippen molar-refractivity contribution in [3.63, 3.8) is 0 Å². The van der Waals surface area contributed by atoms with Crippen LogP contribution in [0.4, 0.5) is 0 Å². The molecule has 1 aromatic carbocycles. The van der Waals surface area contributed by atoms with E-state index in [-0.39, 0.29) is 11.9 Å². The van der Waals surface area contributed by atoms with E-state index in [1.165, 1.54) is 0 Å². The van der Waals surface area contributed by atoms with Crippen LogP contribution < -0.4 is 10.6 Å². The Morgan fingerprint density at radius 1 is 1.36 bits per heavy atom. The Labute approximate surface area is 147 Å². The van der Waals surface area contributed by atoms with E-state index in [0.717, 1.165) is 31.5 Å². The second-order valence-electron chi connectivity index (χ2n) is 6.51. The minimum Gasteiger partial charge on any atom is -0.343 e. The molecule has 0 radical (unpaired) electrons. The molecule has 0 bridgehead atoms. The van der Waals surface area contributed by atoms with Crippen LogP contribution >= 0.6 is 0 Å². The molecule has 1 atom stereocenters. The highest BCUT2D eigenvalue weighted by Crippen LogP contribution is 2.18. The van der Waals surface area contributed by atoms with E-state index in [1.54, 1.807) is 0 Å². The number of likely N-dealkylation sites (N-methyl/N-ethyl adjacent to an activating group) is 1. The lowest BCUT2D eigenvalue weighted by Gasteiger charge is -2.31. The number of aromatic nitrogens is 2. The van der Waals surface area contributed by atoms with Crippen molar-refractivity contribution in [2.24, 2.45) is 0 Å². The number of carbonyl (C=O) groups excluding carboxylic acids is 1. The van der Waals surface area contributed by atoms with Gasteiger partial charge in [-0.05, 0) is 39.9 Å². The van der Waals surface area contributed by atoms with E-state index in [2.05, 4.69) is 25.7 Å². The van der Waals surface area contributed by atoms with Crippen LogP contribution in [0.25, 0.3) is 11.4 Å². The summed E-state index contributed by atoms with van der Waals surface area (Å²) in [6.45, 7) is 4.24. The Hall–Kier alpha value is -2.25. The summed E-state index contributed by atoms with van der Waals surface area (Å²) in [6.07, 6.45) is 2.15. The molecule has 25 heavy (non-hydrogen) atoms. The van der Waals surface area contributed by atoms with Crippen LogP contribution in [0.2, 0.25) is 0 Å². The largest absolute Gasteiger partial charge is 0.343 e. The highest BCUT2D eigenvalue weighted by atomic mass is 16.5. The third kappa shape index (κ3) is 4.64. The van der Waals surface area contributed by atoms with Crippen LogP contribution in [-0.4, -0.2) is 53.7 Å². The lowest BCUT2D eigenvalue weighted by atomic mass is 10.1. The standard InChI is InChI=1S/C18H25N5O2/c1-13(18-21-17(22-25-18)14-6-4-3-5-7-14)20-16(24)12-23(2)15-8-10-19-11-9-15/h3-7,13,15,19H,8-12H2,1-2H3,(H,20,24). The summed E-state index contributed by atoms with van der Waals surface area (Å²) in [5.74, 6) is 0.910. The van der Waals surface area contributed by atoms with Gasteiger partial charge in [0.05, 0.1) is 6.54 Å². The molecule has 7 heteroatoms. The zero-order chi connectivity index (χ0) is 17.6. The summed E-state index contributed by atoms with van der Waals surface area (Å²) < 4.78 is 5.31. The van der Waals surface area contributed by atoms with Crippen molar-refractivity contribution in [3.05, 3.63) is 36.2 Å². The van der Waals surface area contributed by atoms with Crippen molar-refractivity contribution in [2.45, 2.75) is 31.8 Å². The zero-order valence-electron chi connectivity index (χ0n) is 14.7. The minimum absolute atomic E-state index is 0.0343. The van der Waals surface area contributed by atoms with Gasteiger partial charge in [-0.25, -0.2) is 0 Å². The summed E-state index contributed by atoms with van der Waals surface area (Å²) in [7, 11) is 2.00. The van der Waals surface area contributed by atoms with Crippen LogP contribution in [-0.2, 0) is 4.79 Å². The van der Waals surface area contributed by atoms with Gasteiger partial charge in [0, 0.05) is 11.6 Å². The first-order valence-corrected chi connectivity index (χ1v) is 8.73. The topological polar surface area (TPSA) is 83.3 Å². The Kier molecular flexibility index (Phi) is 5.78. The molecule has 1 fully saturated rings. The normalized spacial score (nSPS) is 16.8. The first kappa shape index (κ1) is 17.6. The fourth-order valence-corrected chi connectivity index (χ4v) is 3.07. The number of nitrogens with one attached hydrogen (secondary N) is 2. The molecule has 0 spiro atoms. The molecule has 1 unspecified atom stereocenters. The molecule has 2 N–H and O–H groups in total. The first-order valence-electron chi connectivity index (χ1n) is 8.73. The lowest BCUT2D eigenvalue weighted by molar-refractivity contribution is -0.123. The molecule has 1 amide bonds. The van der Waals surface area contributed by atoms with Gasteiger partial charge in [0.15, 0.2) is 0 Å². The summed E-state index contributed by atoms with van der Waals surface area (Å²) in [5, 5.41) is 10.3. The molecule has 2 heterocycles. The van der Waals surface area contributed by atoms with Gasteiger partial charge in [-0.15, -0.1) is 0 Å². The van der Waals surface area contributed by atoms with Gasteiger partial charge in [0.1, 0.15) is 6.04 Å². The van der Waals surface area contributed by atoms with Crippen LogP contribution in [0.1, 0.15) is 31.7 Å². The predicted molar refractivity (Wildman–Crippen MR) is 94.8 cm³/mol. The monoisotopic (exact) mass is 343 g/mol. The summed E-state index contributed by atoms with van der Waals surface area (Å²) in [6, 6.07) is 9.76. The minimum atomic E-state index is -0.320. The van der Waals surface area contributed by atoms with Gasteiger partial charge in [-0.2, -0.15) is 4.98 Å². The molecule has 0 aliphatic carbocycles. The third-order valence-corrected chi connectivity index (χ3v) is 4.55. The molecule has 1 aliphatic heterocycles. The molecule has 1 aliphatic rings. The highest BCUT2D eigenvalue weighted by molar-refractivity contribution is 5.78. The molecule has 3 rings (SSSR count). The van der Waals surface area contributed by atoms with Crippen molar-refractivity contribution in [1.82, 2.24) is 25.7 Å². The van der Waals surface area contributed by atoms with E-state index in [9.17, 15) is 4.79 Å². The molecule has 1 aromatic heterocycles. The van der Waals surface area contributed by atoms with E-state index >= 15 is 0 Å². The molecule has 0 saturated carbocycles. The van der Waals surface area contributed by atoms with Crippen LogP contribution in [0.3, 0.4) is 0 Å². The summed E-state index contributed by atoms with van der Waals surface area (Å²) >= 11 is 0. The van der Waals surface area contributed by atoms with Crippen molar-refractivity contribution < 1.29 is 9.32 Å². The third-order valence-electron chi connectivity index (χ3n) is 4.55. The highest BCUT2D eigenvalue weighted by Gasteiger charge is 2.22. The molecular weight excluding hydrogens is 318 g/mol. The fraction of sp³-hybridized carbons (Fsp3) is 0.500. The van der Waals surface area contributed by atoms with Crippen molar-refractivity contribution in [1.29, 1.82) is 0 Å². The number of rotatable bonds is 6. The van der Waals surface area contributed by atoms with Gasteiger partial charge in [-0.1, -0.05) is 35.5 Å². The van der Waals surface area contributed by atoms with Crippen molar-refractivity contribution in [3.8, 4) is 11.4 Å². The Bertz CT molecular complexity index is 682. The van der Waals surface area contributed by atoms with Gasteiger partial charge < -0.3 is 15.2 Å². The Morgan fingerprint density at radius 3 is 2.80 bits per heavy atom.